The molecule has 230 valence electrons. The third-order valence-corrected chi connectivity index (χ3v) is 7.34. The van der Waals surface area contributed by atoms with E-state index in [1.165, 1.54) is 12.1 Å². The molecule has 0 fully saturated rings. The molecule has 4 aromatic carbocycles. The predicted octanol–water partition coefficient (Wildman–Crippen LogP) is 7.83. The molecular formula is C35H29F3N2O5. The van der Waals surface area contributed by atoms with Gasteiger partial charge in [-0.2, -0.15) is 13.2 Å². The molecule has 2 N–H and O–H groups in total. The van der Waals surface area contributed by atoms with Crippen LogP contribution in [-0.2, 0) is 25.6 Å². The van der Waals surface area contributed by atoms with Crippen LogP contribution in [0.25, 0.3) is 17.5 Å². The van der Waals surface area contributed by atoms with Crippen molar-refractivity contribution in [3.8, 4) is 17.1 Å². The van der Waals surface area contributed by atoms with Crippen LogP contribution in [0.1, 0.15) is 44.6 Å². The summed E-state index contributed by atoms with van der Waals surface area (Å²) in [6.07, 6.45) is 1.59. The molecule has 5 rings (SSSR count). The molecule has 10 heteroatoms. The second-order valence-corrected chi connectivity index (χ2v) is 10.5. The van der Waals surface area contributed by atoms with Crippen molar-refractivity contribution in [2.45, 2.75) is 32.0 Å². The van der Waals surface area contributed by atoms with Crippen molar-refractivity contribution in [3.05, 3.63) is 147 Å². The number of rotatable bonds is 12. The van der Waals surface area contributed by atoms with E-state index in [0.717, 1.165) is 29.2 Å². The summed E-state index contributed by atoms with van der Waals surface area (Å²) >= 11 is 0. The minimum Gasteiger partial charge on any atom is -0.488 e. The second-order valence-electron chi connectivity index (χ2n) is 10.5. The number of aromatic nitrogens is 2. The molecule has 0 radical (unpaired) electrons. The van der Waals surface area contributed by atoms with E-state index in [2.05, 4.69) is 20.7 Å². The fourth-order valence-corrected chi connectivity index (χ4v) is 4.96. The van der Waals surface area contributed by atoms with Gasteiger partial charge >= 0.3 is 17.9 Å². The molecule has 0 aliphatic rings. The van der Waals surface area contributed by atoms with E-state index in [-0.39, 0.29) is 23.7 Å². The zero-order chi connectivity index (χ0) is 31.8. The van der Waals surface area contributed by atoms with Crippen molar-refractivity contribution in [1.29, 1.82) is 0 Å². The lowest BCUT2D eigenvalue weighted by atomic mass is 9.91. The Morgan fingerprint density at radius 1 is 0.933 bits per heavy atom. The first-order chi connectivity index (χ1) is 21.7. The highest BCUT2D eigenvalue weighted by Gasteiger charge is 2.33. The van der Waals surface area contributed by atoms with Gasteiger partial charge in [0.2, 0.25) is 0 Å². The van der Waals surface area contributed by atoms with Crippen molar-refractivity contribution in [1.82, 2.24) is 10.1 Å². The summed E-state index contributed by atoms with van der Waals surface area (Å²) in [6, 6.07) is 26.9. The number of aromatic carboxylic acids is 1. The molecule has 0 amide bonds. The summed E-state index contributed by atoms with van der Waals surface area (Å²) < 4.78 is 50.9. The number of nitrogens with one attached hydrogen (secondary N) is 1. The Bertz CT molecular complexity index is 1820. The summed E-state index contributed by atoms with van der Waals surface area (Å²) in [5.74, 6) is -0.782. The van der Waals surface area contributed by atoms with Gasteiger partial charge in [0.1, 0.15) is 12.4 Å². The normalized spacial score (nSPS) is 12.3. The fourth-order valence-electron chi connectivity index (χ4n) is 4.96. The van der Waals surface area contributed by atoms with E-state index in [9.17, 15) is 27.9 Å². The van der Waals surface area contributed by atoms with Crippen LogP contribution in [0.2, 0.25) is 0 Å². The third kappa shape index (κ3) is 8.38. The van der Waals surface area contributed by atoms with Gasteiger partial charge in [0.05, 0.1) is 11.1 Å². The number of H-pyrrole nitrogens is 1. The van der Waals surface area contributed by atoms with E-state index in [4.69, 9.17) is 4.74 Å². The number of carboxylic acids is 1. The van der Waals surface area contributed by atoms with Crippen LogP contribution >= 0.6 is 0 Å². The average molecular weight is 615 g/mol. The molecule has 0 spiro atoms. The van der Waals surface area contributed by atoms with E-state index >= 15 is 0 Å². The zero-order valence-corrected chi connectivity index (χ0v) is 24.0. The van der Waals surface area contributed by atoms with Crippen LogP contribution in [0.15, 0.2) is 112 Å². The number of nitrogens with zero attached hydrogens (tertiary/aromatic N) is 1. The molecule has 0 saturated carbocycles. The predicted molar refractivity (Wildman–Crippen MR) is 163 cm³/mol. The number of carbonyl (C=O) groups is 1. The first kappa shape index (κ1) is 31.1. The summed E-state index contributed by atoms with van der Waals surface area (Å²) in [6.45, 7) is -0.237. The number of aryl methyl sites for hydroxylation is 1. The molecular weight excluding hydrogens is 585 g/mol. The van der Waals surface area contributed by atoms with Gasteiger partial charge in [0.25, 0.3) is 0 Å². The molecule has 5 aromatic rings. The number of carboxylic acid groups (broad SMARTS) is 1. The Kier molecular flexibility index (Phi) is 9.62. The molecule has 1 heterocycles. The maximum Gasteiger partial charge on any atom is 0.439 e. The summed E-state index contributed by atoms with van der Waals surface area (Å²) in [5, 5.41) is 12.9. The second kappa shape index (κ2) is 13.9. The first-order valence-electron chi connectivity index (χ1n) is 14.2. The smallest absolute Gasteiger partial charge is 0.439 e. The minimum absolute atomic E-state index is 0.0425. The number of benzene rings is 4. The van der Waals surface area contributed by atoms with Crippen LogP contribution in [0, 0.1) is 5.92 Å². The lowest BCUT2D eigenvalue weighted by molar-refractivity contribution is -0.138. The van der Waals surface area contributed by atoms with Gasteiger partial charge in [-0.3, -0.25) is 9.51 Å². The number of allylic oxidation sites excluding steroid dienone is 1. The Hall–Kier alpha value is -5.38. The van der Waals surface area contributed by atoms with Crippen LogP contribution < -0.4 is 10.5 Å². The molecule has 0 saturated heterocycles. The largest absolute Gasteiger partial charge is 0.488 e. The van der Waals surface area contributed by atoms with Crippen molar-refractivity contribution >= 4 is 12.0 Å². The van der Waals surface area contributed by atoms with Gasteiger partial charge in [-0.15, -0.1) is 0 Å². The quantitative estimate of drug-likeness (QED) is 0.148. The molecule has 45 heavy (non-hydrogen) atoms. The Morgan fingerprint density at radius 2 is 1.62 bits per heavy atom. The van der Waals surface area contributed by atoms with Crippen LogP contribution in [0.5, 0.6) is 5.75 Å². The topological polar surface area (TPSA) is 105 Å². The number of ether oxygens (including phenoxy) is 1. The molecule has 1 unspecified atom stereocenters. The van der Waals surface area contributed by atoms with E-state index in [1.54, 1.807) is 42.5 Å². The van der Waals surface area contributed by atoms with Gasteiger partial charge in [0, 0.05) is 16.7 Å². The molecule has 1 atom stereocenters. The number of para-hydroxylation sites is 1. The summed E-state index contributed by atoms with van der Waals surface area (Å²) in [7, 11) is 0. The Labute approximate surface area is 256 Å². The number of halogens is 3. The lowest BCUT2D eigenvalue weighted by Gasteiger charge is -2.16. The van der Waals surface area contributed by atoms with Crippen LogP contribution in [0.4, 0.5) is 13.2 Å². The molecule has 0 bridgehead atoms. The van der Waals surface area contributed by atoms with Crippen LogP contribution in [-0.4, -0.2) is 21.2 Å². The highest BCUT2D eigenvalue weighted by atomic mass is 19.4. The first-order valence-corrected chi connectivity index (χ1v) is 14.2. The number of aromatic amines is 1. The minimum atomic E-state index is -4.48. The van der Waals surface area contributed by atoms with Gasteiger partial charge in [-0.05, 0) is 60.6 Å². The Balaban J connectivity index is 1.34. The maximum atomic E-state index is 13.5. The summed E-state index contributed by atoms with van der Waals surface area (Å²) in [5.41, 5.74) is 3.00. The fraction of sp³-hybridized carbons (Fsp3) is 0.171. The lowest BCUT2D eigenvalue weighted by Crippen LogP contribution is -2.10. The highest BCUT2D eigenvalue weighted by molar-refractivity contribution is 5.87. The van der Waals surface area contributed by atoms with Gasteiger partial charge < -0.3 is 9.84 Å². The van der Waals surface area contributed by atoms with Crippen molar-refractivity contribution in [2.75, 3.05) is 0 Å². The van der Waals surface area contributed by atoms with E-state index in [1.807, 2.05) is 42.5 Å². The standard InChI is InChI=1S/C35H29F3N2O5/c36-35(37,38)30-7-3-1-6-29(30)22-44-31-8-4-2-5-26(31)16-13-24(10-9-23-11-19-28(20-12-23)33(41)42)21-25-14-17-27(18-15-25)32-39-34(43)45-40-32/h1-8,11-20,24H,9-10,21-22H2,(H,41,42)(H,39,40,43). The van der Waals surface area contributed by atoms with Crippen molar-refractivity contribution in [3.63, 3.8) is 0 Å². The monoisotopic (exact) mass is 614 g/mol. The van der Waals surface area contributed by atoms with E-state index in [0.29, 0.717) is 30.0 Å². The number of hydrogen-bond donors (Lipinski definition) is 2. The zero-order valence-electron chi connectivity index (χ0n) is 24.0. The highest BCUT2D eigenvalue weighted by Crippen LogP contribution is 2.33. The molecule has 0 aliphatic heterocycles. The van der Waals surface area contributed by atoms with Gasteiger partial charge in [-0.25, -0.2) is 9.59 Å². The SMILES string of the molecule is O=C(O)c1ccc(CCC(C=Cc2ccccc2OCc2ccccc2C(F)(F)F)Cc2ccc(-c3noc(=O)[nH]3)cc2)cc1. The molecule has 1 aromatic heterocycles. The Morgan fingerprint density at radius 3 is 2.31 bits per heavy atom. The van der Waals surface area contributed by atoms with Crippen LogP contribution in [0.3, 0.4) is 0 Å². The maximum absolute atomic E-state index is 13.5. The average Bonchev–Trinajstić information content (AvgIpc) is 3.48. The molecule has 0 aliphatic carbocycles. The third-order valence-electron chi connectivity index (χ3n) is 7.34. The summed E-state index contributed by atoms with van der Waals surface area (Å²) in [4.78, 5) is 25.1. The van der Waals surface area contributed by atoms with Crippen molar-refractivity contribution < 1.29 is 32.3 Å². The number of hydrogen-bond acceptors (Lipinski definition) is 5. The van der Waals surface area contributed by atoms with Gasteiger partial charge in [0.15, 0.2) is 5.82 Å². The van der Waals surface area contributed by atoms with Gasteiger partial charge in [-0.1, -0.05) is 90.1 Å². The van der Waals surface area contributed by atoms with Crippen molar-refractivity contribution in [2.24, 2.45) is 5.92 Å². The van der Waals surface area contributed by atoms with E-state index < -0.39 is 23.5 Å². The molecule has 7 nitrogen and oxygen atoms in total. The number of alkyl halides is 3.